The highest BCUT2D eigenvalue weighted by molar-refractivity contribution is 14.1. The zero-order chi connectivity index (χ0) is 23.9. The molecule has 0 saturated carbocycles. The highest BCUT2D eigenvalue weighted by Crippen LogP contribution is 2.33. The van der Waals surface area contributed by atoms with Crippen LogP contribution in [0.1, 0.15) is 40.2 Å². The fourth-order valence-electron chi connectivity index (χ4n) is 4.01. The number of ether oxygens (including phenoxy) is 1. The zero-order valence-corrected chi connectivity index (χ0v) is 21.4. The number of aromatic nitrogens is 4. The third kappa shape index (κ3) is 4.59. The van der Waals surface area contributed by atoms with Gasteiger partial charge < -0.3 is 14.5 Å². The second kappa shape index (κ2) is 8.78. The number of amides is 1. The molecule has 33 heavy (non-hydrogen) atoms. The van der Waals surface area contributed by atoms with E-state index in [1.807, 2.05) is 38.5 Å². The second-order valence-electron chi connectivity index (χ2n) is 9.24. The highest BCUT2D eigenvalue weighted by atomic mass is 127. The maximum atomic E-state index is 12.7. The Morgan fingerprint density at radius 2 is 1.97 bits per heavy atom. The fraction of sp³-hybridized carbons (Fsp3) is 0.435. The Morgan fingerprint density at radius 1 is 1.21 bits per heavy atom. The summed E-state index contributed by atoms with van der Waals surface area (Å²) >= 11 is 2.28. The van der Waals surface area contributed by atoms with E-state index in [1.165, 1.54) is 0 Å². The minimum absolute atomic E-state index is 0.0333. The van der Waals surface area contributed by atoms with Crippen molar-refractivity contribution in [2.45, 2.75) is 52.3 Å². The molecule has 3 aromatic heterocycles. The van der Waals surface area contributed by atoms with Crippen molar-refractivity contribution in [2.75, 3.05) is 18.0 Å². The molecule has 1 fully saturated rings. The number of pyridine rings is 1. The van der Waals surface area contributed by atoms with Gasteiger partial charge in [-0.15, -0.1) is 0 Å². The first-order valence-corrected chi connectivity index (χ1v) is 11.8. The van der Waals surface area contributed by atoms with Gasteiger partial charge in [-0.05, 0) is 69.3 Å². The van der Waals surface area contributed by atoms with Gasteiger partial charge in [-0.25, -0.2) is 19.7 Å². The molecule has 1 amide bonds. The summed E-state index contributed by atoms with van der Waals surface area (Å²) in [5, 5.41) is 10.2. The van der Waals surface area contributed by atoms with Gasteiger partial charge in [0.25, 0.3) is 0 Å². The predicted molar refractivity (Wildman–Crippen MR) is 133 cm³/mol. The predicted octanol–water partition coefficient (Wildman–Crippen LogP) is 4.13. The van der Waals surface area contributed by atoms with Crippen LogP contribution < -0.4 is 4.90 Å². The molecule has 9 nitrogen and oxygen atoms in total. The molecule has 0 radical (unpaired) electrons. The first-order chi connectivity index (χ1) is 15.6. The smallest absolute Gasteiger partial charge is 0.410 e. The topological polar surface area (TPSA) is 100 Å². The van der Waals surface area contributed by atoms with Crippen LogP contribution in [0.3, 0.4) is 0 Å². The average molecular weight is 559 g/mol. The van der Waals surface area contributed by atoms with Crippen molar-refractivity contribution in [3.63, 3.8) is 0 Å². The van der Waals surface area contributed by atoms with Gasteiger partial charge in [0.15, 0.2) is 5.65 Å². The lowest BCUT2D eigenvalue weighted by Gasteiger charge is -2.44. The standard InChI is InChI=1S/C23H26IN7O2/c1-14-11-30(22(32)33-23(3,4)5)15(2)10-29(14)20-19-17(24)12-31(21(19)28-13-27-20)18-8-16(9-25)6-7-26-18/h6-8,12-15H,10-11H2,1-5H3. The largest absolute Gasteiger partial charge is 0.444 e. The summed E-state index contributed by atoms with van der Waals surface area (Å²) in [7, 11) is 0. The van der Waals surface area contributed by atoms with E-state index in [0.717, 1.165) is 20.4 Å². The number of anilines is 1. The van der Waals surface area contributed by atoms with Gasteiger partial charge >= 0.3 is 6.09 Å². The Labute approximate surface area is 206 Å². The summed E-state index contributed by atoms with van der Waals surface area (Å²) < 4.78 is 8.47. The summed E-state index contributed by atoms with van der Waals surface area (Å²) in [5.74, 6) is 1.45. The van der Waals surface area contributed by atoms with Crippen molar-refractivity contribution in [3.8, 4) is 11.9 Å². The molecule has 0 spiro atoms. The molecule has 10 heteroatoms. The first-order valence-electron chi connectivity index (χ1n) is 10.7. The van der Waals surface area contributed by atoms with Gasteiger partial charge in [0.05, 0.1) is 17.0 Å². The Morgan fingerprint density at radius 3 is 2.67 bits per heavy atom. The summed E-state index contributed by atoms with van der Waals surface area (Å²) in [5.41, 5.74) is 0.722. The number of hydrogen-bond acceptors (Lipinski definition) is 7. The zero-order valence-electron chi connectivity index (χ0n) is 19.3. The number of rotatable bonds is 2. The van der Waals surface area contributed by atoms with E-state index >= 15 is 0 Å². The van der Waals surface area contributed by atoms with E-state index in [1.54, 1.807) is 29.6 Å². The Kier molecular flexibility index (Phi) is 6.18. The van der Waals surface area contributed by atoms with Crippen molar-refractivity contribution in [1.82, 2.24) is 24.4 Å². The lowest BCUT2D eigenvalue weighted by Crippen LogP contribution is -2.59. The van der Waals surface area contributed by atoms with Crippen molar-refractivity contribution in [1.29, 1.82) is 5.26 Å². The van der Waals surface area contributed by atoms with Gasteiger partial charge in [-0.1, -0.05) is 0 Å². The van der Waals surface area contributed by atoms with E-state index in [4.69, 9.17) is 4.74 Å². The Hall–Kier alpha value is -2.94. The monoisotopic (exact) mass is 559 g/mol. The molecule has 2 unspecified atom stereocenters. The van der Waals surface area contributed by atoms with Crippen molar-refractivity contribution in [2.24, 2.45) is 0 Å². The van der Waals surface area contributed by atoms with Crippen LogP contribution >= 0.6 is 22.6 Å². The molecule has 1 aliphatic heterocycles. The number of hydrogen-bond donors (Lipinski definition) is 0. The molecule has 0 bridgehead atoms. The molecular formula is C23H26IN7O2. The minimum Gasteiger partial charge on any atom is -0.444 e. The molecular weight excluding hydrogens is 533 g/mol. The molecule has 0 N–H and O–H groups in total. The van der Waals surface area contributed by atoms with Gasteiger partial charge in [-0.2, -0.15) is 5.26 Å². The lowest BCUT2D eigenvalue weighted by molar-refractivity contribution is 0.0130. The van der Waals surface area contributed by atoms with Crippen molar-refractivity contribution >= 4 is 45.5 Å². The number of carbonyl (C=O) groups excluding carboxylic acids is 1. The number of nitriles is 1. The fourth-order valence-corrected chi connectivity index (χ4v) is 4.77. The Balaban J connectivity index is 1.69. The Bertz CT molecular complexity index is 1240. The number of piperazine rings is 1. The van der Waals surface area contributed by atoms with E-state index < -0.39 is 5.60 Å². The van der Waals surface area contributed by atoms with Crippen molar-refractivity contribution < 1.29 is 9.53 Å². The highest BCUT2D eigenvalue weighted by Gasteiger charge is 2.36. The van der Waals surface area contributed by atoms with E-state index in [9.17, 15) is 10.1 Å². The van der Waals surface area contributed by atoms with Gasteiger partial charge in [-0.3, -0.25) is 4.57 Å². The van der Waals surface area contributed by atoms with Crippen LogP contribution in [0.25, 0.3) is 16.9 Å². The van der Waals surface area contributed by atoms with Crippen LogP contribution in [0.15, 0.2) is 30.9 Å². The number of halogens is 1. The summed E-state index contributed by atoms with van der Waals surface area (Å²) in [4.78, 5) is 30.3. The van der Waals surface area contributed by atoms with Crippen LogP contribution in [-0.4, -0.2) is 61.3 Å². The van der Waals surface area contributed by atoms with Crippen LogP contribution in [0.2, 0.25) is 0 Å². The normalized spacial score (nSPS) is 18.9. The van der Waals surface area contributed by atoms with E-state index in [-0.39, 0.29) is 18.2 Å². The van der Waals surface area contributed by atoms with Gasteiger partial charge in [0, 0.05) is 41.1 Å². The number of fused-ring (bicyclic) bond motifs is 1. The molecule has 1 aliphatic rings. The summed E-state index contributed by atoms with van der Waals surface area (Å²) in [6, 6.07) is 5.55. The van der Waals surface area contributed by atoms with Gasteiger partial charge in [0.1, 0.15) is 23.6 Å². The molecule has 0 aliphatic carbocycles. The van der Waals surface area contributed by atoms with E-state index in [2.05, 4.69) is 55.4 Å². The minimum atomic E-state index is -0.536. The summed E-state index contributed by atoms with van der Waals surface area (Å²) in [6.07, 6.45) is 4.83. The SMILES string of the molecule is CC1CN(c2ncnc3c2c(I)cn3-c2cc(C#N)ccn2)C(C)CN1C(=O)OC(C)(C)C. The van der Waals surface area contributed by atoms with E-state index in [0.29, 0.717) is 24.5 Å². The average Bonchev–Trinajstić information content (AvgIpc) is 3.11. The van der Waals surface area contributed by atoms with Crippen molar-refractivity contribution in [3.05, 3.63) is 40.0 Å². The number of nitrogens with zero attached hydrogens (tertiary/aromatic N) is 7. The number of carbonyl (C=O) groups is 1. The molecule has 4 heterocycles. The van der Waals surface area contributed by atoms with Crippen LogP contribution in [0, 0.1) is 14.9 Å². The third-order valence-electron chi connectivity index (χ3n) is 5.52. The van der Waals surface area contributed by atoms with Crippen LogP contribution in [0.5, 0.6) is 0 Å². The molecule has 3 aromatic rings. The molecule has 172 valence electrons. The third-order valence-corrected chi connectivity index (χ3v) is 6.34. The maximum absolute atomic E-state index is 12.7. The summed E-state index contributed by atoms with van der Waals surface area (Å²) in [6.45, 7) is 10.9. The van der Waals surface area contributed by atoms with Crippen LogP contribution in [-0.2, 0) is 4.74 Å². The second-order valence-corrected chi connectivity index (χ2v) is 10.4. The molecule has 2 atom stereocenters. The quantitative estimate of drug-likeness (QED) is 0.436. The lowest BCUT2D eigenvalue weighted by atomic mass is 10.1. The molecule has 4 rings (SSSR count). The maximum Gasteiger partial charge on any atom is 0.410 e. The van der Waals surface area contributed by atoms with Crippen LogP contribution in [0.4, 0.5) is 10.6 Å². The van der Waals surface area contributed by atoms with Gasteiger partial charge in [0.2, 0.25) is 0 Å². The first kappa shape index (κ1) is 23.2. The molecule has 1 saturated heterocycles. The molecule has 0 aromatic carbocycles.